The van der Waals surface area contributed by atoms with Gasteiger partial charge in [-0.15, -0.1) is 0 Å². The van der Waals surface area contributed by atoms with E-state index in [1.807, 2.05) is 30.3 Å². The minimum absolute atomic E-state index is 0.00431. The number of carbonyl (C=O) groups is 2. The molecular formula is C21H30N2O3. The van der Waals surface area contributed by atoms with Crippen molar-refractivity contribution in [3.63, 3.8) is 0 Å². The Morgan fingerprint density at radius 1 is 0.885 bits per heavy atom. The summed E-state index contributed by atoms with van der Waals surface area (Å²) in [6.07, 6.45) is 8.08. The van der Waals surface area contributed by atoms with E-state index in [0.717, 1.165) is 37.7 Å². The zero-order chi connectivity index (χ0) is 18.2. The minimum Gasteiger partial charge on any atom is -0.371 e. The molecule has 142 valence electrons. The number of hydrogen-bond donors (Lipinski definition) is 2. The molecule has 1 aromatic carbocycles. The number of benzene rings is 1. The summed E-state index contributed by atoms with van der Waals surface area (Å²) in [5.74, 6) is -0.0536. The number of rotatable bonds is 8. The molecule has 0 heterocycles. The van der Waals surface area contributed by atoms with Crippen molar-refractivity contribution in [1.82, 2.24) is 10.6 Å². The molecule has 5 heteroatoms. The van der Waals surface area contributed by atoms with Crippen LogP contribution in [0.4, 0.5) is 0 Å². The minimum atomic E-state index is -0.0493. The Kier molecular flexibility index (Phi) is 7.06. The summed E-state index contributed by atoms with van der Waals surface area (Å²) in [5, 5.41) is 6.10. The zero-order valence-electron chi connectivity index (χ0n) is 15.4. The van der Waals surface area contributed by atoms with Gasteiger partial charge in [-0.1, -0.05) is 43.2 Å². The van der Waals surface area contributed by atoms with Crippen molar-refractivity contribution in [2.24, 2.45) is 0 Å². The largest absolute Gasteiger partial charge is 0.371 e. The van der Waals surface area contributed by atoms with E-state index in [1.54, 1.807) is 0 Å². The van der Waals surface area contributed by atoms with Crippen molar-refractivity contribution in [2.45, 2.75) is 82.6 Å². The summed E-state index contributed by atoms with van der Waals surface area (Å²) in [6, 6.07) is 10.5. The van der Waals surface area contributed by atoms with Crippen LogP contribution in [-0.4, -0.2) is 30.0 Å². The molecule has 2 fully saturated rings. The van der Waals surface area contributed by atoms with Gasteiger partial charge in [0.1, 0.15) is 0 Å². The fourth-order valence-electron chi connectivity index (χ4n) is 3.94. The standard InChI is InChI=1S/C21H30N2O3/c24-20(22-17-9-4-5-10-17)13-14-21(25)23-18-11-6-12-19(18)26-15-16-7-2-1-3-8-16/h1-3,7-8,17-19H,4-6,9-15H2,(H,22,24)(H,23,25)/t18-,19-/m1/s1. The molecule has 0 bridgehead atoms. The quantitative estimate of drug-likeness (QED) is 0.750. The second-order valence-corrected chi connectivity index (χ2v) is 7.49. The first-order valence-electron chi connectivity index (χ1n) is 9.95. The Balaban J connectivity index is 1.36. The van der Waals surface area contributed by atoms with E-state index in [0.29, 0.717) is 12.6 Å². The average Bonchev–Trinajstić information content (AvgIpc) is 3.31. The molecule has 5 nitrogen and oxygen atoms in total. The molecule has 0 aliphatic heterocycles. The summed E-state index contributed by atoms with van der Waals surface area (Å²) in [6.45, 7) is 0.571. The zero-order valence-corrected chi connectivity index (χ0v) is 15.4. The van der Waals surface area contributed by atoms with Crippen LogP contribution >= 0.6 is 0 Å². The van der Waals surface area contributed by atoms with Gasteiger partial charge in [-0.2, -0.15) is 0 Å². The van der Waals surface area contributed by atoms with E-state index in [9.17, 15) is 9.59 Å². The predicted octanol–water partition coefficient (Wildman–Crippen LogP) is 3.08. The molecule has 0 spiro atoms. The third-order valence-electron chi connectivity index (χ3n) is 5.41. The van der Waals surface area contributed by atoms with Crippen LogP contribution in [0.25, 0.3) is 0 Å². The molecule has 2 saturated carbocycles. The van der Waals surface area contributed by atoms with E-state index in [-0.39, 0.29) is 36.8 Å². The van der Waals surface area contributed by atoms with Crippen molar-refractivity contribution in [2.75, 3.05) is 0 Å². The first-order valence-corrected chi connectivity index (χ1v) is 9.95. The molecule has 2 aliphatic carbocycles. The molecule has 0 saturated heterocycles. The van der Waals surface area contributed by atoms with Gasteiger partial charge in [0.05, 0.1) is 18.8 Å². The molecular weight excluding hydrogens is 328 g/mol. The Labute approximate surface area is 155 Å². The fraction of sp³-hybridized carbons (Fsp3) is 0.619. The number of carbonyl (C=O) groups excluding carboxylic acids is 2. The van der Waals surface area contributed by atoms with Gasteiger partial charge in [-0.05, 0) is 37.7 Å². The number of amides is 2. The first kappa shape index (κ1) is 18.9. The predicted molar refractivity (Wildman–Crippen MR) is 100 cm³/mol. The Morgan fingerprint density at radius 3 is 2.31 bits per heavy atom. The molecule has 0 radical (unpaired) electrons. The monoisotopic (exact) mass is 358 g/mol. The van der Waals surface area contributed by atoms with E-state index in [4.69, 9.17) is 4.74 Å². The summed E-state index contributed by atoms with van der Waals surface area (Å²) >= 11 is 0. The maximum Gasteiger partial charge on any atom is 0.220 e. The summed E-state index contributed by atoms with van der Waals surface area (Å²) in [4.78, 5) is 24.2. The molecule has 2 atom stereocenters. The van der Waals surface area contributed by atoms with Crippen molar-refractivity contribution in [1.29, 1.82) is 0 Å². The SMILES string of the molecule is O=C(CCC(=O)N[C@@H]1CCC[C@H]1OCc1ccccc1)NC1CCCC1. The fourth-order valence-corrected chi connectivity index (χ4v) is 3.94. The molecule has 2 N–H and O–H groups in total. The highest BCUT2D eigenvalue weighted by atomic mass is 16.5. The molecule has 3 rings (SSSR count). The second-order valence-electron chi connectivity index (χ2n) is 7.49. The van der Waals surface area contributed by atoms with Gasteiger partial charge in [0.15, 0.2) is 0 Å². The van der Waals surface area contributed by atoms with E-state index >= 15 is 0 Å². The van der Waals surface area contributed by atoms with E-state index < -0.39 is 0 Å². The molecule has 0 aromatic heterocycles. The number of hydrogen-bond acceptors (Lipinski definition) is 3. The van der Waals surface area contributed by atoms with Crippen molar-refractivity contribution < 1.29 is 14.3 Å². The van der Waals surface area contributed by atoms with Gasteiger partial charge >= 0.3 is 0 Å². The Hall–Kier alpha value is -1.88. The van der Waals surface area contributed by atoms with Gasteiger partial charge in [-0.25, -0.2) is 0 Å². The van der Waals surface area contributed by atoms with Crippen LogP contribution < -0.4 is 10.6 Å². The lowest BCUT2D eigenvalue weighted by Crippen LogP contribution is -2.41. The van der Waals surface area contributed by atoms with Crippen LogP contribution in [0.15, 0.2) is 30.3 Å². The topological polar surface area (TPSA) is 67.4 Å². The number of nitrogens with one attached hydrogen (secondary N) is 2. The Morgan fingerprint density at radius 2 is 1.58 bits per heavy atom. The Bertz CT molecular complexity index is 584. The lowest BCUT2D eigenvalue weighted by atomic mass is 10.1. The second kappa shape index (κ2) is 9.72. The average molecular weight is 358 g/mol. The van der Waals surface area contributed by atoms with Crippen LogP contribution in [0.5, 0.6) is 0 Å². The van der Waals surface area contributed by atoms with E-state index in [1.165, 1.54) is 12.8 Å². The van der Waals surface area contributed by atoms with Gasteiger partial charge in [-0.3, -0.25) is 9.59 Å². The van der Waals surface area contributed by atoms with Crippen molar-refractivity contribution in [3.05, 3.63) is 35.9 Å². The maximum absolute atomic E-state index is 12.2. The van der Waals surface area contributed by atoms with Crippen LogP contribution in [0.2, 0.25) is 0 Å². The van der Waals surface area contributed by atoms with Gasteiger partial charge in [0.2, 0.25) is 11.8 Å². The molecule has 1 aromatic rings. The molecule has 2 amide bonds. The first-order chi connectivity index (χ1) is 12.7. The third-order valence-corrected chi connectivity index (χ3v) is 5.41. The van der Waals surface area contributed by atoms with Gasteiger partial charge in [0.25, 0.3) is 0 Å². The summed E-state index contributed by atoms with van der Waals surface area (Å²) < 4.78 is 6.02. The number of ether oxygens (including phenoxy) is 1. The third kappa shape index (κ3) is 5.84. The smallest absolute Gasteiger partial charge is 0.220 e. The van der Waals surface area contributed by atoms with Crippen LogP contribution in [0, 0.1) is 0 Å². The van der Waals surface area contributed by atoms with E-state index in [2.05, 4.69) is 10.6 Å². The summed E-state index contributed by atoms with van der Waals surface area (Å²) in [5.41, 5.74) is 1.15. The molecule has 26 heavy (non-hydrogen) atoms. The van der Waals surface area contributed by atoms with Gasteiger partial charge < -0.3 is 15.4 Å². The van der Waals surface area contributed by atoms with Crippen LogP contribution in [-0.2, 0) is 20.9 Å². The highest BCUT2D eigenvalue weighted by Crippen LogP contribution is 2.23. The maximum atomic E-state index is 12.2. The lowest BCUT2D eigenvalue weighted by Gasteiger charge is -2.21. The lowest BCUT2D eigenvalue weighted by molar-refractivity contribution is -0.127. The molecule has 0 unspecified atom stereocenters. The van der Waals surface area contributed by atoms with Crippen molar-refractivity contribution >= 4 is 11.8 Å². The highest BCUT2D eigenvalue weighted by Gasteiger charge is 2.29. The van der Waals surface area contributed by atoms with Crippen molar-refractivity contribution in [3.8, 4) is 0 Å². The normalized spacial score (nSPS) is 23.1. The van der Waals surface area contributed by atoms with Crippen LogP contribution in [0.1, 0.15) is 63.4 Å². The highest BCUT2D eigenvalue weighted by molar-refractivity contribution is 5.84. The van der Waals surface area contributed by atoms with Crippen LogP contribution in [0.3, 0.4) is 0 Å². The molecule has 2 aliphatic rings. The summed E-state index contributed by atoms with van der Waals surface area (Å²) in [7, 11) is 0. The van der Waals surface area contributed by atoms with Gasteiger partial charge in [0, 0.05) is 18.9 Å².